The van der Waals surface area contributed by atoms with Gasteiger partial charge in [-0.2, -0.15) is 0 Å². The van der Waals surface area contributed by atoms with Crippen molar-refractivity contribution in [3.63, 3.8) is 0 Å². The Balaban J connectivity index is 1.42. The number of benzene rings is 4. The van der Waals surface area contributed by atoms with Crippen molar-refractivity contribution in [1.82, 2.24) is 0 Å². The van der Waals surface area contributed by atoms with Crippen LogP contribution in [0.1, 0.15) is 0 Å². The molecule has 0 bridgehead atoms. The van der Waals surface area contributed by atoms with E-state index in [2.05, 4.69) is 0 Å². The fourth-order valence-corrected chi connectivity index (χ4v) is 6.71. The third-order valence-electron chi connectivity index (χ3n) is 6.57. The van der Waals surface area contributed by atoms with Gasteiger partial charge < -0.3 is 0 Å². The number of para-hydroxylation sites is 4. The van der Waals surface area contributed by atoms with Crippen LogP contribution in [0.5, 0.6) is 23.0 Å². The van der Waals surface area contributed by atoms with Crippen molar-refractivity contribution in [2.75, 3.05) is 14.2 Å². The number of hydrogen-bond acceptors (Lipinski definition) is 8. The van der Waals surface area contributed by atoms with E-state index in [1.54, 1.807) is 72.8 Å². The molecule has 0 radical (unpaired) electrons. The number of ether oxygens (including phenoxy) is 2. The SMILES string of the molecule is COc1cccc2c1[n+]([O-])c1cccc3c1[n+]2[O][Cu-2]1([O]3)[O]c2cccc3c2[n+](c2cccc(OC)c2[n+]3[O-])[O]1. The van der Waals surface area contributed by atoms with Crippen molar-refractivity contribution in [3.8, 4) is 23.0 Å². The first-order valence-corrected chi connectivity index (χ1v) is 13.2. The third kappa shape index (κ3) is 2.77. The number of fused-ring (bicyclic) bond motifs is 4. The van der Waals surface area contributed by atoms with Crippen LogP contribution in [0.2, 0.25) is 0 Å². The van der Waals surface area contributed by atoms with Crippen molar-refractivity contribution in [3.05, 3.63) is 83.2 Å². The Kier molecular flexibility index (Phi) is 4.25. The molecule has 0 aliphatic carbocycles. The van der Waals surface area contributed by atoms with Gasteiger partial charge >= 0.3 is 223 Å². The van der Waals surface area contributed by atoms with E-state index < -0.39 is 14.2 Å². The van der Waals surface area contributed by atoms with Gasteiger partial charge in [0.1, 0.15) is 0 Å². The summed E-state index contributed by atoms with van der Waals surface area (Å²) in [7, 11) is 2.98. The Morgan fingerprint density at radius 2 is 0.974 bits per heavy atom. The molecule has 4 heterocycles. The van der Waals surface area contributed by atoms with Crippen LogP contribution >= 0.6 is 0 Å². The van der Waals surface area contributed by atoms with Crippen LogP contribution in [0.15, 0.2) is 72.8 Å². The average molecular weight is 578 g/mol. The molecule has 0 saturated carbocycles. The van der Waals surface area contributed by atoms with Crippen molar-refractivity contribution in [1.29, 1.82) is 0 Å². The molecule has 2 aromatic heterocycles. The van der Waals surface area contributed by atoms with Crippen LogP contribution in [0, 0.1) is 10.4 Å². The van der Waals surface area contributed by atoms with Gasteiger partial charge in [0.15, 0.2) is 0 Å². The summed E-state index contributed by atoms with van der Waals surface area (Å²) in [4.78, 5) is 0. The number of methoxy groups -OCH3 is 2. The van der Waals surface area contributed by atoms with Crippen LogP contribution in [0.3, 0.4) is 0 Å². The normalized spacial score (nSPS) is 15.4. The standard InChI is InChI=1S/2C13H10N2O4.Cu/c2*1-19-11-7-3-5-9-13(11)15(18)8-4-2-6-10(16)12(8)14(9)17;/h2*2-7,16H,1H3;/q;;+2/p-2. The van der Waals surface area contributed by atoms with Crippen LogP contribution < -0.4 is 43.9 Å². The summed E-state index contributed by atoms with van der Waals surface area (Å²) in [5, 5.41) is 26.8. The quantitative estimate of drug-likeness (QED) is 0.131. The summed E-state index contributed by atoms with van der Waals surface area (Å²) >= 11 is -3.27. The molecule has 2 aliphatic heterocycles. The van der Waals surface area contributed by atoms with E-state index >= 15 is 0 Å². The molecule has 0 atom stereocenters. The van der Waals surface area contributed by atoms with E-state index in [1.807, 2.05) is 0 Å². The molecule has 201 valence electrons. The minimum atomic E-state index is -3.27. The molecule has 13 heteroatoms. The zero-order valence-corrected chi connectivity index (χ0v) is 21.2. The fraction of sp³-hybridized carbons (Fsp3) is 0.0769. The van der Waals surface area contributed by atoms with Gasteiger partial charge in [-0.3, -0.25) is 0 Å². The summed E-state index contributed by atoms with van der Waals surface area (Å²) in [6.45, 7) is 0. The second-order valence-electron chi connectivity index (χ2n) is 8.62. The van der Waals surface area contributed by atoms with Crippen molar-refractivity contribution >= 4 is 44.1 Å². The zero-order chi connectivity index (χ0) is 26.5. The van der Waals surface area contributed by atoms with Crippen LogP contribution in [0.4, 0.5) is 0 Å². The molecule has 0 N–H and O–H groups in total. The van der Waals surface area contributed by atoms with Gasteiger partial charge in [-0.25, -0.2) is 0 Å². The number of aromatic nitrogens is 4. The first-order chi connectivity index (χ1) is 19.0. The average Bonchev–Trinajstić information content (AvgIpc) is 2.97. The van der Waals surface area contributed by atoms with Crippen LogP contribution in [-0.2, 0) is 14.2 Å². The predicted octanol–water partition coefficient (Wildman–Crippen LogP) is 1.31. The van der Waals surface area contributed by atoms with Crippen LogP contribution in [0.25, 0.3) is 44.1 Å². The van der Waals surface area contributed by atoms with Gasteiger partial charge in [0.25, 0.3) is 0 Å². The summed E-state index contributed by atoms with van der Waals surface area (Å²) in [5.74, 6) is 1.36. The number of nitrogens with zero attached hydrogens (tertiary/aromatic N) is 4. The molecular weight excluding hydrogens is 560 g/mol. The maximum absolute atomic E-state index is 13.4. The molecule has 0 unspecified atom stereocenters. The molecule has 4 aromatic carbocycles. The first-order valence-electron chi connectivity index (χ1n) is 11.6. The van der Waals surface area contributed by atoms with E-state index in [0.717, 1.165) is 9.46 Å². The summed E-state index contributed by atoms with van der Waals surface area (Å²) in [5.41, 5.74) is 2.72. The van der Waals surface area contributed by atoms with E-state index in [1.165, 1.54) is 23.7 Å². The molecule has 8 rings (SSSR count). The Labute approximate surface area is 222 Å². The summed E-state index contributed by atoms with van der Waals surface area (Å²) < 4.78 is 40.9. The minimum absolute atomic E-state index is 0.258. The molecule has 1 spiro atoms. The van der Waals surface area contributed by atoms with Gasteiger partial charge in [0.05, 0.1) is 0 Å². The fourth-order valence-electron chi connectivity index (χ4n) is 4.90. The Morgan fingerprint density at radius 1 is 0.564 bits per heavy atom. The first kappa shape index (κ1) is 22.0. The second-order valence-corrected chi connectivity index (χ2v) is 10.3. The Morgan fingerprint density at radius 3 is 1.41 bits per heavy atom. The molecule has 0 saturated heterocycles. The topological polar surface area (TPSA) is 117 Å². The maximum atomic E-state index is 13.4. The molecule has 6 aromatic rings. The molecule has 12 nitrogen and oxygen atoms in total. The van der Waals surface area contributed by atoms with Gasteiger partial charge in [-0.15, -0.1) is 0 Å². The Hall–Kier alpha value is -5.00. The number of hydrogen-bond donors (Lipinski definition) is 0. The van der Waals surface area contributed by atoms with Gasteiger partial charge in [0, 0.05) is 0 Å². The van der Waals surface area contributed by atoms with Gasteiger partial charge in [-0.05, 0) is 0 Å². The van der Waals surface area contributed by atoms with E-state index in [0.29, 0.717) is 56.1 Å². The molecule has 2 aliphatic rings. The predicted molar refractivity (Wildman–Crippen MR) is 129 cm³/mol. The zero-order valence-electron chi connectivity index (χ0n) is 20.3. The summed E-state index contributed by atoms with van der Waals surface area (Å²) in [6.07, 6.45) is 0. The van der Waals surface area contributed by atoms with Gasteiger partial charge in [0.2, 0.25) is 0 Å². The van der Waals surface area contributed by atoms with Gasteiger partial charge in [-0.1, -0.05) is 0 Å². The molecule has 0 amide bonds. The third-order valence-corrected chi connectivity index (χ3v) is 8.22. The van der Waals surface area contributed by atoms with E-state index in [-0.39, 0.29) is 11.0 Å². The molecule has 0 fully saturated rings. The van der Waals surface area contributed by atoms with Crippen molar-refractivity contribution < 1.29 is 58.0 Å². The van der Waals surface area contributed by atoms with E-state index in [4.69, 9.17) is 25.0 Å². The number of rotatable bonds is 2. The Bertz CT molecular complexity index is 1910. The van der Waals surface area contributed by atoms with Crippen molar-refractivity contribution in [2.45, 2.75) is 0 Å². The van der Waals surface area contributed by atoms with Crippen LogP contribution in [-0.4, -0.2) is 14.2 Å². The monoisotopic (exact) mass is 577 g/mol. The molecular formula is C26H18CuN4O8. The summed E-state index contributed by atoms with van der Waals surface area (Å²) in [6, 6.07) is 20.5. The van der Waals surface area contributed by atoms with Crippen molar-refractivity contribution in [2.24, 2.45) is 0 Å². The second kappa shape index (κ2) is 7.53. The molecule has 39 heavy (non-hydrogen) atoms. The van der Waals surface area contributed by atoms with E-state index in [9.17, 15) is 10.4 Å².